The van der Waals surface area contributed by atoms with Crippen LogP contribution >= 0.6 is 15.9 Å². The normalized spacial score (nSPS) is 24.7. The molecular weight excluding hydrogens is 365 g/mol. The van der Waals surface area contributed by atoms with E-state index in [2.05, 4.69) is 15.9 Å². The van der Waals surface area contributed by atoms with Crippen molar-refractivity contribution in [3.8, 4) is 0 Å². The lowest BCUT2D eigenvalue weighted by Gasteiger charge is -2.41. The van der Waals surface area contributed by atoms with Crippen molar-refractivity contribution in [3.05, 3.63) is 28.2 Å². The van der Waals surface area contributed by atoms with E-state index in [1.807, 2.05) is 4.90 Å². The molecule has 0 saturated carbocycles. The molecule has 1 N–H and O–H groups in total. The van der Waals surface area contributed by atoms with Gasteiger partial charge in [-0.1, -0.05) is 0 Å². The Balaban J connectivity index is 1.84. The monoisotopic (exact) mass is 378 g/mol. The van der Waals surface area contributed by atoms with E-state index >= 15 is 0 Å². The summed E-state index contributed by atoms with van der Waals surface area (Å²) in [6, 6.07) is 3.39. The van der Waals surface area contributed by atoms with Crippen LogP contribution in [0.1, 0.15) is 18.4 Å². The van der Waals surface area contributed by atoms with Gasteiger partial charge in [0.15, 0.2) is 0 Å². The highest BCUT2D eigenvalue weighted by Crippen LogP contribution is 2.38. The predicted octanol–water partition coefficient (Wildman–Crippen LogP) is 3.80. The Bertz CT molecular complexity index is 594. The molecule has 2 bridgehead atoms. The van der Waals surface area contributed by atoms with E-state index in [1.54, 1.807) is 0 Å². The number of alkyl halides is 3. The molecule has 8 heteroatoms. The molecule has 2 unspecified atom stereocenters. The first kappa shape index (κ1) is 15.5. The third kappa shape index (κ3) is 2.64. The number of hydrogen-bond acceptors (Lipinski definition) is 2. The van der Waals surface area contributed by atoms with Crippen LogP contribution in [0, 0.1) is 0 Å². The largest absolute Gasteiger partial charge is 0.465 e. The van der Waals surface area contributed by atoms with Crippen LogP contribution in [-0.2, 0) is 6.18 Å². The van der Waals surface area contributed by atoms with Crippen molar-refractivity contribution in [3.63, 3.8) is 0 Å². The van der Waals surface area contributed by atoms with Gasteiger partial charge in [-0.2, -0.15) is 13.2 Å². The van der Waals surface area contributed by atoms with E-state index in [9.17, 15) is 23.1 Å². The highest BCUT2D eigenvalue weighted by atomic mass is 79.9. The van der Waals surface area contributed by atoms with Gasteiger partial charge in [0.2, 0.25) is 0 Å². The molecule has 4 nitrogen and oxygen atoms in total. The number of benzene rings is 1. The lowest BCUT2D eigenvalue weighted by molar-refractivity contribution is -0.137. The first-order chi connectivity index (χ1) is 10.3. The van der Waals surface area contributed by atoms with Crippen LogP contribution in [0.25, 0.3) is 0 Å². The summed E-state index contributed by atoms with van der Waals surface area (Å²) in [5.41, 5.74) is -0.0230. The van der Waals surface area contributed by atoms with Gasteiger partial charge in [-0.15, -0.1) is 0 Å². The fraction of sp³-hybridized carbons (Fsp3) is 0.500. The van der Waals surface area contributed by atoms with Crippen LogP contribution < -0.4 is 4.90 Å². The maximum absolute atomic E-state index is 12.7. The minimum Gasteiger partial charge on any atom is -0.465 e. The Kier molecular flexibility index (Phi) is 3.74. The molecule has 0 aliphatic carbocycles. The van der Waals surface area contributed by atoms with Crippen molar-refractivity contribution in [2.75, 3.05) is 18.0 Å². The average Bonchev–Trinajstić information content (AvgIpc) is 2.69. The number of anilines is 1. The predicted molar refractivity (Wildman–Crippen MR) is 78.0 cm³/mol. The second-order valence-corrected chi connectivity index (χ2v) is 6.50. The van der Waals surface area contributed by atoms with E-state index in [0.717, 1.165) is 25.0 Å². The van der Waals surface area contributed by atoms with Crippen LogP contribution in [-0.4, -0.2) is 41.3 Å². The van der Waals surface area contributed by atoms with Gasteiger partial charge in [0.25, 0.3) is 0 Å². The van der Waals surface area contributed by atoms with Crippen molar-refractivity contribution in [1.29, 1.82) is 0 Å². The fourth-order valence-electron chi connectivity index (χ4n) is 3.35. The van der Waals surface area contributed by atoms with Crippen molar-refractivity contribution < 1.29 is 23.1 Å². The molecule has 2 atom stereocenters. The van der Waals surface area contributed by atoms with E-state index in [0.29, 0.717) is 23.2 Å². The molecule has 2 fully saturated rings. The Hall–Kier alpha value is -1.44. The van der Waals surface area contributed by atoms with Crippen LogP contribution in [0.4, 0.5) is 23.7 Å². The summed E-state index contributed by atoms with van der Waals surface area (Å²) in [4.78, 5) is 14.7. The highest BCUT2D eigenvalue weighted by molar-refractivity contribution is 9.10. The number of piperazine rings is 1. The SMILES string of the molecule is O=C(O)N1C2CCC1CN(c1ccc(C(F)(F)F)cc1Br)C2. The molecule has 1 aromatic rings. The molecule has 120 valence electrons. The molecule has 2 saturated heterocycles. The molecular formula is C14H14BrF3N2O2. The summed E-state index contributed by atoms with van der Waals surface area (Å²) in [7, 11) is 0. The number of carbonyl (C=O) groups is 1. The van der Waals surface area contributed by atoms with Crippen molar-refractivity contribution in [2.24, 2.45) is 0 Å². The van der Waals surface area contributed by atoms with Gasteiger partial charge in [0.1, 0.15) is 0 Å². The van der Waals surface area contributed by atoms with E-state index in [-0.39, 0.29) is 12.1 Å². The van der Waals surface area contributed by atoms with Gasteiger partial charge in [-0.05, 0) is 47.0 Å². The van der Waals surface area contributed by atoms with Crippen LogP contribution in [0.2, 0.25) is 0 Å². The number of hydrogen-bond donors (Lipinski definition) is 1. The lowest BCUT2D eigenvalue weighted by Crippen LogP contribution is -2.55. The van der Waals surface area contributed by atoms with Gasteiger partial charge in [0, 0.05) is 17.6 Å². The maximum atomic E-state index is 12.7. The number of fused-ring (bicyclic) bond motifs is 2. The van der Waals surface area contributed by atoms with E-state index < -0.39 is 17.8 Å². The van der Waals surface area contributed by atoms with Gasteiger partial charge in [-0.3, -0.25) is 4.90 Å². The van der Waals surface area contributed by atoms with Crippen molar-refractivity contribution in [2.45, 2.75) is 31.1 Å². The van der Waals surface area contributed by atoms with Crippen molar-refractivity contribution in [1.82, 2.24) is 4.90 Å². The number of nitrogens with zero attached hydrogens (tertiary/aromatic N) is 2. The third-order valence-electron chi connectivity index (χ3n) is 4.32. The zero-order chi connectivity index (χ0) is 16.1. The summed E-state index contributed by atoms with van der Waals surface area (Å²) in [5, 5.41) is 9.23. The molecule has 2 aliphatic rings. The van der Waals surface area contributed by atoms with Crippen LogP contribution in [0.5, 0.6) is 0 Å². The molecule has 1 amide bonds. The number of halogens is 4. The Morgan fingerprint density at radius 2 is 1.82 bits per heavy atom. The van der Waals surface area contributed by atoms with Crippen LogP contribution in [0.3, 0.4) is 0 Å². The van der Waals surface area contributed by atoms with Gasteiger partial charge in [-0.25, -0.2) is 4.79 Å². The molecule has 22 heavy (non-hydrogen) atoms. The molecule has 3 rings (SSSR count). The molecule has 0 spiro atoms. The quantitative estimate of drug-likeness (QED) is 0.808. The molecule has 1 aromatic carbocycles. The zero-order valence-corrected chi connectivity index (χ0v) is 13.1. The smallest absolute Gasteiger partial charge is 0.416 e. The number of rotatable bonds is 1. The maximum Gasteiger partial charge on any atom is 0.416 e. The summed E-state index contributed by atoms with van der Waals surface area (Å²) in [6.45, 7) is 1.01. The number of amides is 1. The summed E-state index contributed by atoms with van der Waals surface area (Å²) >= 11 is 3.21. The first-order valence-electron chi connectivity index (χ1n) is 6.90. The molecule has 0 aromatic heterocycles. The summed E-state index contributed by atoms with van der Waals surface area (Å²) in [5.74, 6) is 0. The Morgan fingerprint density at radius 1 is 1.23 bits per heavy atom. The topological polar surface area (TPSA) is 43.8 Å². The third-order valence-corrected chi connectivity index (χ3v) is 4.95. The lowest BCUT2D eigenvalue weighted by atomic mass is 10.1. The molecule has 2 heterocycles. The Morgan fingerprint density at radius 3 is 2.27 bits per heavy atom. The van der Waals surface area contributed by atoms with E-state index in [1.165, 1.54) is 11.0 Å². The van der Waals surface area contributed by atoms with Gasteiger partial charge >= 0.3 is 12.3 Å². The Labute approximate surface area is 133 Å². The average molecular weight is 379 g/mol. The molecule has 0 radical (unpaired) electrons. The summed E-state index contributed by atoms with van der Waals surface area (Å²) < 4.78 is 38.5. The standard InChI is InChI=1S/C14H14BrF3N2O2/c15-11-5-8(14(16,17)18)1-4-12(11)19-6-9-2-3-10(7-19)20(9)13(21)22/h1,4-5,9-10H,2-3,6-7H2,(H,21,22). The first-order valence-corrected chi connectivity index (χ1v) is 7.69. The second-order valence-electron chi connectivity index (χ2n) is 5.64. The fourth-order valence-corrected chi connectivity index (χ4v) is 3.98. The van der Waals surface area contributed by atoms with Crippen molar-refractivity contribution >= 4 is 27.7 Å². The second kappa shape index (κ2) is 5.33. The molecule has 2 aliphatic heterocycles. The zero-order valence-electron chi connectivity index (χ0n) is 11.5. The minimum absolute atomic E-state index is 0.0922. The summed E-state index contributed by atoms with van der Waals surface area (Å²) in [6.07, 6.45) is -3.70. The van der Waals surface area contributed by atoms with Gasteiger partial charge < -0.3 is 10.0 Å². The van der Waals surface area contributed by atoms with Gasteiger partial charge in [0.05, 0.1) is 23.3 Å². The number of carboxylic acid groups (broad SMARTS) is 1. The minimum atomic E-state index is -4.37. The van der Waals surface area contributed by atoms with E-state index in [4.69, 9.17) is 0 Å². The van der Waals surface area contributed by atoms with Crippen LogP contribution in [0.15, 0.2) is 22.7 Å². The highest BCUT2D eigenvalue weighted by Gasteiger charge is 2.43.